The molecule has 0 radical (unpaired) electrons. The lowest BCUT2D eigenvalue weighted by molar-refractivity contribution is -0.389. The van der Waals surface area contributed by atoms with Crippen LogP contribution in [0.3, 0.4) is 0 Å². The number of nitro groups is 1. The molecule has 0 aliphatic heterocycles. The molecule has 1 aromatic heterocycles. The van der Waals surface area contributed by atoms with Gasteiger partial charge in [0.05, 0.1) is 16.9 Å². The van der Waals surface area contributed by atoms with E-state index in [0.29, 0.717) is 5.56 Å². The third kappa shape index (κ3) is 4.15. The zero-order chi connectivity index (χ0) is 22.9. The van der Waals surface area contributed by atoms with Crippen LogP contribution < -0.4 is 11.1 Å². The molecule has 0 spiro atoms. The van der Waals surface area contributed by atoms with Crippen LogP contribution >= 0.6 is 0 Å². The Labute approximate surface area is 173 Å². The van der Waals surface area contributed by atoms with E-state index >= 15 is 0 Å². The Balaban J connectivity index is 2.15. The van der Waals surface area contributed by atoms with Crippen molar-refractivity contribution in [2.75, 3.05) is 5.32 Å². The van der Waals surface area contributed by atoms with Gasteiger partial charge in [-0.1, -0.05) is 12.6 Å². The predicted molar refractivity (Wildman–Crippen MR) is 108 cm³/mol. The lowest BCUT2D eigenvalue weighted by atomic mass is 10.1. The average molecular weight is 427 g/mol. The molecule has 3 aromatic rings. The number of rotatable bonds is 6. The minimum absolute atomic E-state index is 0.0353. The first-order valence-electron chi connectivity index (χ1n) is 8.70. The maximum absolute atomic E-state index is 14.6. The number of nitrogens with one attached hydrogen (secondary N) is 1. The number of nitrogens with two attached hydrogens (primary N) is 1. The topological polar surface area (TPSA) is 133 Å². The summed E-state index contributed by atoms with van der Waals surface area (Å²) in [6, 6.07) is 5.63. The van der Waals surface area contributed by atoms with Crippen molar-refractivity contribution >= 4 is 23.3 Å². The van der Waals surface area contributed by atoms with Gasteiger partial charge >= 0.3 is 5.82 Å². The molecule has 9 nitrogen and oxygen atoms in total. The van der Waals surface area contributed by atoms with Gasteiger partial charge in [0.25, 0.3) is 5.91 Å². The molecule has 3 rings (SSSR count). The summed E-state index contributed by atoms with van der Waals surface area (Å²) >= 11 is 0. The van der Waals surface area contributed by atoms with E-state index in [2.05, 4.69) is 17.0 Å². The van der Waals surface area contributed by atoms with Gasteiger partial charge in [-0.05, 0) is 53.3 Å². The second-order valence-corrected chi connectivity index (χ2v) is 6.44. The Bertz CT molecular complexity index is 1250. The molecule has 1 heterocycles. The Hall–Kier alpha value is -4.41. The Morgan fingerprint density at radius 2 is 1.97 bits per heavy atom. The summed E-state index contributed by atoms with van der Waals surface area (Å²) in [5.74, 6) is -3.91. The van der Waals surface area contributed by atoms with E-state index < -0.39 is 34.2 Å². The largest absolute Gasteiger partial charge is 0.398 e. The molecule has 2 amide bonds. The van der Waals surface area contributed by atoms with Crippen molar-refractivity contribution < 1.29 is 23.3 Å². The van der Waals surface area contributed by atoms with E-state index in [9.17, 15) is 28.5 Å². The van der Waals surface area contributed by atoms with E-state index in [1.54, 1.807) is 6.92 Å². The number of aromatic nitrogens is 2. The molecule has 0 unspecified atom stereocenters. The molecular formula is C20H15F2N5O4. The Morgan fingerprint density at radius 1 is 1.26 bits per heavy atom. The summed E-state index contributed by atoms with van der Waals surface area (Å²) in [5.41, 5.74) is 5.07. The number of halogens is 2. The summed E-state index contributed by atoms with van der Waals surface area (Å²) in [6.07, 6.45) is 2.17. The fourth-order valence-electron chi connectivity index (χ4n) is 2.86. The molecule has 0 aliphatic rings. The van der Waals surface area contributed by atoms with Crippen molar-refractivity contribution in [3.63, 3.8) is 0 Å². The Kier molecular flexibility index (Phi) is 5.60. The van der Waals surface area contributed by atoms with Crippen molar-refractivity contribution in [3.8, 4) is 16.8 Å². The van der Waals surface area contributed by atoms with Crippen molar-refractivity contribution in [1.29, 1.82) is 0 Å². The number of carbonyl (C=O) groups excluding carboxylic acids is 2. The van der Waals surface area contributed by atoms with E-state index in [1.165, 1.54) is 12.1 Å². The van der Waals surface area contributed by atoms with Gasteiger partial charge in [0.1, 0.15) is 17.1 Å². The van der Waals surface area contributed by atoms with Crippen LogP contribution in [0.5, 0.6) is 0 Å². The molecule has 0 saturated carbocycles. The molecule has 3 N–H and O–H groups in total. The molecule has 0 aliphatic carbocycles. The quantitative estimate of drug-likeness (QED) is 0.354. The summed E-state index contributed by atoms with van der Waals surface area (Å²) in [5, 5.41) is 17.8. The summed E-state index contributed by atoms with van der Waals surface area (Å²) < 4.78 is 29.7. The van der Waals surface area contributed by atoms with Gasteiger partial charge in [-0.2, -0.15) is 0 Å². The zero-order valence-electron chi connectivity index (χ0n) is 16.1. The molecule has 158 valence electrons. The van der Waals surface area contributed by atoms with Crippen molar-refractivity contribution in [2.24, 2.45) is 5.73 Å². The highest BCUT2D eigenvalue weighted by Crippen LogP contribution is 2.32. The van der Waals surface area contributed by atoms with Crippen LogP contribution in [0, 0.1) is 28.7 Å². The van der Waals surface area contributed by atoms with Crippen LogP contribution in [-0.2, 0) is 4.79 Å². The summed E-state index contributed by atoms with van der Waals surface area (Å²) in [7, 11) is 0. The second-order valence-electron chi connectivity index (χ2n) is 6.44. The minimum Gasteiger partial charge on any atom is -0.366 e. The van der Waals surface area contributed by atoms with Gasteiger partial charge in [-0.15, -0.1) is 4.68 Å². The standard InChI is InChI=1S/C20H15F2N5O4/c1-3-18(28)24-16-8-17(15(22)6-10(16)2)26-9-13(20(25-26)27(30)31)11-4-5-12(19(23)29)14(21)7-11/h3-9H,1H2,2H3,(H2,23,29)(H,24,28). The van der Waals surface area contributed by atoms with Gasteiger partial charge < -0.3 is 21.2 Å². The predicted octanol–water partition coefficient (Wildman–Crippen LogP) is 3.26. The summed E-state index contributed by atoms with van der Waals surface area (Å²) in [4.78, 5) is 33.5. The minimum atomic E-state index is -0.995. The monoisotopic (exact) mass is 427 g/mol. The molecule has 11 heteroatoms. The normalized spacial score (nSPS) is 10.5. The molecule has 0 atom stereocenters. The molecule has 2 aromatic carbocycles. The van der Waals surface area contributed by atoms with Gasteiger partial charge in [0.2, 0.25) is 5.91 Å². The van der Waals surface area contributed by atoms with Gasteiger partial charge in [0, 0.05) is 5.69 Å². The molecule has 0 fully saturated rings. The van der Waals surface area contributed by atoms with E-state index in [-0.39, 0.29) is 28.1 Å². The molecular weight excluding hydrogens is 412 g/mol. The number of hydrogen-bond donors (Lipinski definition) is 2. The van der Waals surface area contributed by atoms with Crippen LogP contribution in [0.2, 0.25) is 0 Å². The lowest BCUT2D eigenvalue weighted by Crippen LogP contribution is -2.12. The maximum atomic E-state index is 14.6. The first-order chi connectivity index (χ1) is 14.6. The third-order valence-corrected chi connectivity index (χ3v) is 4.40. The highest BCUT2D eigenvalue weighted by molar-refractivity contribution is 5.99. The number of carbonyl (C=O) groups is 2. The lowest BCUT2D eigenvalue weighted by Gasteiger charge is -2.09. The first kappa shape index (κ1) is 21.3. The number of benzene rings is 2. The van der Waals surface area contributed by atoms with Gasteiger partial charge in [-0.25, -0.2) is 8.78 Å². The van der Waals surface area contributed by atoms with Gasteiger partial charge in [0.15, 0.2) is 5.82 Å². The molecule has 31 heavy (non-hydrogen) atoms. The first-order valence-corrected chi connectivity index (χ1v) is 8.70. The second kappa shape index (κ2) is 8.14. The number of anilines is 1. The van der Waals surface area contributed by atoms with Crippen LogP contribution in [-0.4, -0.2) is 26.5 Å². The number of hydrogen-bond acceptors (Lipinski definition) is 5. The fraction of sp³-hybridized carbons (Fsp3) is 0.0500. The number of aryl methyl sites for hydroxylation is 1. The van der Waals surface area contributed by atoms with Gasteiger partial charge in [-0.3, -0.25) is 9.59 Å². The van der Waals surface area contributed by atoms with E-state index in [4.69, 9.17) is 5.73 Å². The SMILES string of the molecule is C=CC(=O)Nc1cc(-n2cc(-c3ccc(C(N)=O)c(F)c3)c([N+](=O)[O-])n2)c(F)cc1C. The number of amides is 2. The molecule has 0 saturated heterocycles. The average Bonchev–Trinajstić information content (AvgIpc) is 3.15. The van der Waals surface area contributed by atoms with Crippen LogP contribution in [0.15, 0.2) is 49.2 Å². The summed E-state index contributed by atoms with van der Waals surface area (Å²) in [6.45, 7) is 4.90. The highest BCUT2D eigenvalue weighted by Gasteiger charge is 2.25. The van der Waals surface area contributed by atoms with Crippen LogP contribution in [0.1, 0.15) is 15.9 Å². The zero-order valence-corrected chi connectivity index (χ0v) is 16.1. The van der Waals surface area contributed by atoms with Crippen molar-refractivity contribution in [1.82, 2.24) is 9.78 Å². The molecule has 0 bridgehead atoms. The highest BCUT2D eigenvalue weighted by atomic mass is 19.1. The van der Waals surface area contributed by atoms with Crippen LogP contribution in [0.4, 0.5) is 20.3 Å². The van der Waals surface area contributed by atoms with E-state index in [0.717, 1.165) is 35.2 Å². The van der Waals surface area contributed by atoms with Crippen molar-refractivity contribution in [2.45, 2.75) is 6.92 Å². The number of nitrogens with zero attached hydrogens (tertiary/aromatic N) is 3. The smallest absolute Gasteiger partial charge is 0.366 e. The van der Waals surface area contributed by atoms with Crippen LogP contribution in [0.25, 0.3) is 16.8 Å². The van der Waals surface area contributed by atoms with Crippen molar-refractivity contribution in [3.05, 3.63) is 82.1 Å². The Morgan fingerprint density at radius 3 is 2.55 bits per heavy atom. The maximum Gasteiger partial charge on any atom is 0.398 e. The fourth-order valence-corrected chi connectivity index (χ4v) is 2.86. The number of primary amides is 1. The van der Waals surface area contributed by atoms with E-state index in [1.807, 2.05) is 0 Å². The third-order valence-electron chi connectivity index (χ3n) is 4.40.